The Morgan fingerprint density at radius 3 is 2.80 bits per heavy atom. The molecule has 1 aliphatic heterocycles. The summed E-state index contributed by atoms with van der Waals surface area (Å²) < 4.78 is 0. The molecule has 0 aliphatic carbocycles. The molecule has 1 heterocycles. The number of hydrogen-bond donors (Lipinski definition) is 0. The van der Waals surface area contributed by atoms with Crippen molar-refractivity contribution in [3.63, 3.8) is 0 Å². The fourth-order valence-corrected chi connectivity index (χ4v) is 1.70. The van der Waals surface area contributed by atoms with Crippen LogP contribution in [0.3, 0.4) is 0 Å². The van der Waals surface area contributed by atoms with E-state index in [2.05, 4.69) is 17.9 Å². The average molecular weight is 210 g/mol. The van der Waals surface area contributed by atoms with E-state index in [-0.39, 0.29) is 0 Å². The van der Waals surface area contributed by atoms with Gasteiger partial charge >= 0.3 is 0 Å². The predicted octanol–water partition coefficient (Wildman–Crippen LogP) is 1.51. The summed E-state index contributed by atoms with van der Waals surface area (Å²) in [5.74, 6) is 0.306. The Labute approximate surface area is 92.7 Å². The molecule has 1 aliphatic rings. The lowest BCUT2D eigenvalue weighted by molar-refractivity contribution is -0.131. The van der Waals surface area contributed by atoms with Crippen LogP contribution in [0.25, 0.3) is 0 Å². The van der Waals surface area contributed by atoms with E-state index >= 15 is 0 Å². The number of amides is 1. The third kappa shape index (κ3) is 4.47. The summed E-state index contributed by atoms with van der Waals surface area (Å²) in [7, 11) is 4.08. The lowest BCUT2D eigenvalue weighted by Gasteiger charge is -2.25. The van der Waals surface area contributed by atoms with Gasteiger partial charge in [-0.15, -0.1) is 0 Å². The Morgan fingerprint density at radius 2 is 2.27 bits per heavy atom. The van der Waals surface area contributed by atoms with Crippen LogP contribution in [-0.4, -0.2) is 49.4 Å². The molecule has 0 N–H and O–H groups in total. The first-order chi connectivity index (χ1) is 7.09. The number of rotatable bonds is 4. The van der Waals surface area contributed by atoms with Crippen LogP contribution in [0.1, 0.15) is 26.2 Å². The molecule has 0 unspecified atom stereocenters. The van der Waals surface area contributed by atoms with Gasteiger partial charge in [0.15, 0.2) is 0 Å². The highest BCUT2D eigenvalue weighted by molar-refractivity contribution is 5.76. The monoisotopic (exact) mass is 210 g/mol. The molecular formula is C12H22N2O. The molecule has 0 saturated carbocycles. The number of carbonyl (C=O) groups is 1. The molecule has 0 radical (unpaired) electrons. The molecule has 0 aromatic carbocycles. The molecule has 15 heavy (non-hydrogen) atoms. The van der Waals surface area contributed by atoms with Crippen LogP contribution in [0, 0.1) is 0 Å². The molecule has 1 amide bonds. The zero-order chi connectivity index (χ0) is 11.3. The van der Waals surface area contributed by atoms with E-state index in [1.54, 1.807) is 0 Å². The van der Waals surface area contributed by atoms with E-state index in [0.29, 0.717) is 12.3 Å². The van der Waals surface area contributed by atoms with Crippen molar-refractivity contribution in [2.45, 2.75) is 26.2 Å². The van der Waals surface area contributed by atoms with Gasteiger partial charge in [-0.05, 0) is 40.4 Å². The van der Waals surface area contributed by atoms with Crippen molar-refractivity contribution >= 4 is 5.91 Å². The number of carbonyl (C=O) groups excluding carboxylic acids is 1. The van der Waals surface area contributed by atoms with Gasteiger partial charge in [-0.2, -0.15) is 0 Å². The zero-order valence-corrected chi connectivity index (χ0v) is 10.1. The van der Waals surface area contributed by atoms with Crippen molar-refractivity contribution in [2.24, 2.45) is 0 Å². The summed E-state index contributed by atoms with van der Waals surface area (Å²) in [5, 5.41) is 0. The highest BCUT2D eigenvalue weighted by Gasteiger charge is 2.14. The molecule has 0 atom stereocenters. The van der Waals surface area contributed by atoms with Gasteiger partial charge < -0.3 is 9.80 Å². The van der Waals surface area contributed by atoms with Crippen LogP contribution in [0.15, 0.2) is 11.6 Å². The number of hydrogen-bond acceptors (Lipinski definition) is 2. The Kier molecular flexibility index (Phi) is 4.82. The SMILES string of the molecule is CC1=CCN(C(=O)CCCN(C)C)CC1. The third-order valence-electron chi connectivity index (χ3n) is 2.78. The van der Waals surface area contributed by atoms with Crippen molar-refractivity contribution in [3.8, 4) is 0 Å². The lowest BCUT2D eigenvalue weighted by Crippen LogP contribution is -2.34. The first-order valence-corrected chi connectivity index (χ1v) is 5.67. The van der Waals surface area contributed by atoms with Crippen LogP contribution in [0.2, 0.25) is 0 Å². The normalized spacial score (nSPS) is 16.8. The molecule has 3 heteroatoms. The molecule has 0 aromatic rings. The van der Waals surface area contributed by atoms with E-state index in [4.69, 9.17) is 0 Å². The van der Waals surface area contributed by atoms with Crippen molar-refractivity contribution in [3.05, 3.63) is 11.6 Å². The van der Waals surface area contributed by atoms with E-state index in [1.807, 2.05) is 19.0 Å². The lowest BCUT2D eigenvalue weighted by atomic mass is 10.1. The maximum atomic E-state index is 11.8. The first-order valence-electron chi connectivity index (χ1n) is 5.67. The van der Waals surface area contributed by atoms with Crippen LogP contribution in [-0.2, 0) is 4.79 Å². The zero-order valence-electron chi connectivity index (χ0n) is 10.1. The number of nitrogens with zero attached hydrogens (tertiary/aromatic N) is 2. The average Bonchev–Trinajstić information content (AvgIpc) is 2.18. The fourth-order valence-electron chi connectivity index (χ4n) is 1.70. The minimum absolute atomic E-state index is 0.306. The Bertz CT molecular complexity index is 246. The summed E-state index contributed by atoms with van der Waals surface area (Å²) in [6, 6.07) is 0. The smallest absolute Gasteiger partial charge is 0.222 e. The largest absolute Gasteiger partial charge is 0.339 e. The van der Waals surface area contributed by atoms with Crippen LogP contribution < -0.4 is 0 Å². The molecule has 0 fully saturated rings. The van der Waals surface area contributed by atoms with Gasteiger partial charge in [-0.1, -0.05) is 11.6 Å². The predicted molar refractivity (Wildman–Crippen MR) is 62.7 cm³/mol. The van der Waals surface area contributed by atoms with E-state index in [9.17, 15) is 4.79 Å². The van der Waals surface area contributed by atoms with E-state index in [0.717, 1.165) is 32.5 Å². The molecular weight excluding hydrogens is 188 g/mol. The van der Waals surface area contributed by atoms with Gasteiger partial charge in [-0.3, -0.25) is 4.79 Å². The van der Waals surface area contributed by atoms with E-state index in [1.165, 1.54) is 5.57 Å². The summed E-state index contributed by atoms with van der Waals surface area (Å²) in [4.78, 5) is 15.8. The Balaban J connectivity index is 2.23. The van der Waals surface area contributed by atoms with Crippen molar-refractivity contribution in [2.75, 3.05) is 33.7 Å². The second kappa shape index (κ2) is 5.91. The van der Waals surface area contributed by atoms with Crippen LogP contribution in [0.5, 0.6) is 0 Å². The van der Waals surface area contributed by atoms with Crippen molar-refractivity contribution < 1.29 is 4.79 Å². The van der Waals surface area contributed by atoms with E-state index < -0.39 is 0 Å². The Hall–Kier alpha value is -0.830. The summed E-state index contributed by atoms with van der Waals surface area (Å²) in [6.45, 7) is 4.85. The highest BCUT2D eigenvalue weighted by Crippen LogP contribution is 2.11. The van der Waals surface area contributed by atoms with Gasteiger partial charge in [-0.25, -0.2) is 0 Å². The minimum Gasteiger partial charge on any atom is -0.339 e. The molecule has 0 bridgehead atoms. The maximum Gasteiger partial charge on any atom is 0.222 e. The van der Waals surface area contributed by atoms with Gasteiger partial charge in [0.05, 0.1) is 0 Å². The molecule has 0 spiro atoms. The van der Waals surface area contributed by atoms with Crippen molar-refractivity contribution in [1.29, 1.82) is 0 Å². The maximum absolute atomic E-state index is 11.8. The summed E-state index contributed by atoms with van der Waals surface area (Å²) in [5.41, 5.74) is 1.41. The first kappa shape index (κ1) is 12.2. The van der Waals surface area contributed by atoms with Gasteiger partial charge in [0.1, 0.15) is 0 Å². The molecule has 0 saturated heterocycles. The van der Waals surface area contributed by atoms with Crippen LogP contribution >= 0.6 is 0 Å². The topological polar surface area (TPSA) is 23.6 Å². The van der Waals surface area contributed by atoms with Gasteiger partial charge in [0, 0.05) is 19.5 Å². The summed E-state index contributed by atoms with van der Waals surface area (Å²) in [6.07, 6.45) is 4.85. The standard InChI is InChI=1S/C12H22N2O/c1-11-6-9-14(10-7-11)12(15)5-4-8-13(2)3/h6H,4-5,7-10H2,1-3H3. The molecule has 3 nitrogen and oxygen atoms in total. The third-order valence-corrected chi connectivity index (χ3v) is 2.78. The molecule has 86 valence electrons. The minimum atomic E-state index is 0.306. The van der Waals surface area contributed by atoms with Crippen LogP contribution in [0.4, 0.5) is 0 Å². The fraction of sp³-hybridized carbons (Fsp3) is 0.750. The highest BCUT2D eigenvalue weighted by atomic mass is 16.2. The van der Waals surface area contributed by atoms with Crippen molar-refractivity contribution in [1.82, 2.24) is 9.80 Å². The second-order valence-corrected chi connectivity index (χ2v) is 4.55. The second-order valence-electron chi connectivity index (χ2n) is 4.55. The molecule has 1 rings (SSSR count). The Morgan fingerprint density at radius 1 is 1.53 bits per heavy atom. The van der Waals surface area contributed by atoms with Gasteiger partial charge in [0.2, 0.25) is 5.91 Å². The summed E-state index contributed by atoms with van der Waals surface area (Å²) >= 11 is 0. The molecule has 0 aromatic heterocycles. The quantitative estimate of drug-likeness (QED) is 0.657. The van der Waals surface area contributed by atoms with Gasteiger partial charge in [0.25, 0.3) is 0 Å².